The highest BCUT2D eigenvalue weighted by atomic mass is 19.1. The van der Waals surface area contributed by atoms with Crippen LogP contribution < -0.4 is 5.32 Å². The largest absolute Gasteiger partial charge is 0.373 e. The first-order valence-electron chi connectivity index (χ1n) is 8.04. The number of ether oxygens (including phenoxy) is 1. The predicted octanol–water partition coefficient (Wildman–Crippen LogP) is 1.63. The van der Waals surface area contributed by atoms with E-state index in [2.05, 4.69) is 10.4 Å². The van der Waals surface area contributed by atoms with Crippen molar-refractivity contribution in [2.75, 3.05) is 20.2 Å². The highest BCUT2D eigenvalue weighted by molar-refractivity contribution is 6.39. The Morgan fingerprint density at radius 2 is 2.12 bits per heavy atom. The predicted molar refractivity (Wildman–Crippen MR) is 85.6 cm³/mol. The quantitative estimate of drug-likeness (QED) is 0.910. The molecule has 24 heavy (non-hydrogen) atoms. The van der Waals surface area contributed by atoms with Crippen molar-refractivity contribution in [2.24, 2.45) is 11.0 Å². The van der Waals surface area contributed by atoms with E-state index in [0.717, 1.165) is 12.0 Å². The van der Waals surface area contributed by atoms with Crippen LogP contribution in [-0.2, 0) is 14.3 Å². The van der Waals surface area contributed by atoms with Gasteiger partial charge in [0.2, 0.25) is 5.91 Å². The van der Waals surface area contributed by atoms with Gasteiger partial charge in [-0.25, -0.2) is 9.40 Å². The van der Waals surface area contributed by atoms with Crippen molar-refractivity contribution in [1.29, 1.82) is 0 Å². The fourth-order valence-electron chi connectivity index (χ4n) is 3.02. The van der Waals surface area contributed by atoms with Crippen LogP contribution in [0.25, 0.3) is 0 Å². The molecular formula is C17H20FN3O3. The summed E-state index contributed by atoms with van der Waals surface area (Å²) in [7, 11) is 1.55. The van der Waals surface area contributed by atoms with Crippen molar-refractivity contribution in [3.05, 3.63) is 35.6 Å². The van der Waals surface area contributed by atoms with Crippen molar-refractivity contribution in [3.8, 4) is 0 Å². The average molecular weight is 333 g/mol. The first-order valence-corrected chi connectivity index (χ1v) is 8.04. The number of rotatable bonds is 4. The molecule has 0 bridgehead atoms. The van der Waals surface area contributed by atoms with Crippen LogP contribution in [0.3, 0.4) is 0 Å². The van der Waals surface area contributed by atoms with Gasteiger partial charge < -0.3 is 10.1 Å². The van der Waals surface area contributed by atoms with Crippen LogP contribution in [0.2, 0.25) is 0 Å². The summed E-state index contributed by atoms with van der Waals surface area (Å²) in [5, 5.41) is 8.10. The molecule has 0 spiro atoms. The summed E-state index contributed by atoms with van der Waals surface area (Å²) in [6, 6.07) is 6.25. The van der Waals surface area contributed by atoms with Crippen LogP contribution in [0.4, 0.5) is 4.39 Å². The lowest BCUT2D eigenvalue weighted by Gasteiger charge is -2.21. The molecule has 0 saturated carbocycles. The number of nitrogens with zero attached hydrogens (tertiary/aromatic N) is 2. The summed E-state index contributed by atoms with van der Waals surface area (Å²) in [5.41, 5.74) is 1.28. The first-order chi connectivity index (χ1) is 11.5. The van der Waals surface area contributed by atoms with Gasteiger partial charge in [-0.3, -0.25) is 9.59 Å². The Kier molecular flexibility index (Phi) is 4.89. The van der Waals surface area contributed by atoms with Crippen LogP contribution in [0, 0.1) is 11.7 Å². The van der Waals surface area contributed by atoms with E-state index < -0.39 is 0 Å². The lowest BCUT2D eigenvalue weighted by molar-refractivity contribution is -0.130. The van der Waals surface area contributed by atoms with E-state index in [0.29, 0.717) is 31.7 Å². The Balaban J connectivity index is 1.59. The van der Waals surface area contributed by atoms with Gasteiger partial charge >= 0.3 is 0 Å². The fraction of sp³-hybridized carbons (Fsp3) is 0.471. The molecule has 1 saturated heterocycles. The Bertz CT molecular complexity index is 660. The Morgan fingerprint density at radius 1 is 1.38 bits per heavy atom. The van der Waals surface area contributed by atoms with E-state index in [1.807, 2.05) is 0 Å². The van der Waals surface area contributed by atoms with Crippen LogP contribution >= 0.6 is 0 Å². The summed E-state index contributed by atoms with van der Waals surface area (Å²) >= 11 is 0. The maximum atomic E-state index is 13.1. The number of benzene rings is 1. The minimum absolute atomic E-state index is 0.0906. The van der Waals surface area contributed by atoms with Crippen molar-refractivity contribution >= 4 is 17.5 Å². The molecule has 2 aliphatic rings. The van der Waals surface area contributed by atoms with Crippen molar-refractivity contribution in [3.63, 3.8) is 0 Å². The summed E-state index contributed by atoms with van der Waals surface area (Å²) in [4.78, 5) is 23.6. The number of amides is 2. The summed E-state index contributed by atoms with van der Waals surface area (Å²) in [6.07, 6.45) is 1.33. The van der Waals surface area contributed by atoms with Gasteiger partial charge in [-0.2, -0.15) is 5.10 Å². The lowest BCUT2D eigenvalue weighted by atomic mass is 9.95. The SMILES string of the molecule is CN1N=C(C(=O)NC[C@@H]2CCO[C@H]2c2ccc(F)cc2)CCC1=O. The van der Waals surface area contributed by atoms with Crippen LogP contribution in [-0.4, -0.2) is 42.7 Å². The number of hydrogen-bond donors (Lipinski definition) is 1. The molecule has 0 unspecified atom stereocenters. The highest BCUT2D eigenvalue weighted by Crippen LogP contribution is 2.34. The number of carbonyl (C=O) groups excluding carboxylic acids is 2. The second-order valence-corrected chi connectivity index (χ2v) is 6.07. The molecule has 1 fully saturated rings. The van der Waals surface area contributed by atoms with Crippen molar-refractivity contribution < 1.29 is 18.7 Å². The first kappa shape index (κ1) is 16.6. The van der Waals surface area contributed by atoms with Crippen LogP contribution in [0.15, 0.2) is 29.4 Å². The van der Waals surface area contributed by atoms with E-state index in [-0.39, 0.29) is 29.7 Å². The lowest BCUT2D eigenvalue weighted by Crippen LogP contribution is -2.39. The van der Waals surface area contributed by atoms with Gasteiger partial charge in [-0.15, -0.1) is 0 Å². The Labute approximate surface area is 139 Å². The highest BCUT2D eigenvalue weighted by Gasteiger charge is 2.30. The van der Waals surface area contributed by atoms with Crippen molar-refractivity contribution in [2.45, 2.75) is 25.4 Å². The smallest absolute Gasteiger partial charge is 0.267 e. The number of hydrogen-bond acceptors (Lipinski definition) is 4. The Morgan fingerprint density at radius 3 is 2.83 bits per heavy atom. The monoisotopic (exact) mass is 333 g/mol. The summed E-state index contributed by atoms with van der Waals surface area (Å²) in [5.74, 6) is -0.496. The Hall–Kier alpha value is -2.28. The maximum Gasteiger partial charge on any atom is 0.267 e. The topological polar surface area (TPSA) is 71.0 Å². The van der Waals surface area contributed by atoms with E-state index in [1.54, 1.807) is 19.2 Å². The average Bonchev–Trinajstić information content (AvgIpc) is 3.04. The molecule has 1 aromatic rings. The van der Waals surface area contributed by atoms with Crippen LogP contribution in [0.1, 0.15) is 30.9 Å². The standard InChI is InChI=1S/C17H20FN3O3/c1-21-15(22)7-6-14(20-21)17(23)19-10-12-8-9-24-16(12)11-2-4-13(18)5-3-11/h2-5,12,16H,6-10H2,1H3,(H,19,23)/t12-,16-/m0/s1. The fourth-order valence-corrected chi connectivity index (χ4v) is 3.02. The second kappa shape index (κ2) is 7.09. The summed E-state index contributed by atoms with van der Waals surface area (Å²) < 4.78 is 18.8. The second-order valence-electron chi connectivity index (χ2n) is 6.07. The number of halogens is 1. The normalized spacial score (nSPS) is 24.0. The molecule has 1 aromatic carbocycles. The molecular weight excluding hydrogens is 313 g/mol. The minimum Gasteiger partial charge on any atom is -0.373 e. The van der Waals surface area contributed by atoms with E-state index in [4.69, 9.17) is 4.74 Å². The van der Waals surface area contributed by atoms with Gasteiger partial charge in [0, 0.05) is 39.0 Å². The van der Waals surface area contributed by atoms with Gasteiger partial charge in [0.15, 0.2) is 0 Å². The molecule has 6 nitrogen and oxygen atoms in total. The van der Waals surface area contributed by atoms with Crippen LogP contribution in [0.5, 0.6) is 0 Å². The van der Waals surface area contributed by atoms with Gasteiger partial charge in [-0.1, -0.05) is 12.1 Å². The number of hydrazone groups is 1. The molecule has 2 amide bonds. The number of carbonyl (C=O) groups is 2. The molecule has 0 aliphatic carbocycles. The van der Waals surface area contributed by atoms with E-state index in [9.17, 15) is 14.0 Å². The van der Waals surface area contributed by atoms with Gasteiger partial charge in [0.1, 0.15) is 11.5 Å². The van der Waals surface area contributed by atoms with E-state index in [1.165, 1.54) is 17.1 Å². The molecule has 0 radical (unpaired) electrons. The molecule has 1 N–H and O–H groups in total. The minimum atomic E-state index is -0.282. The maximum absolute atomic E-state index is 13.1. The molecule has 2 heterocycles. The van der Waals surface area contributed by atoms with E-state index >= 15 is 0 Å². The third-order valence-corrected chi connectivity index (χ3v) is 4.41. The van der Waals surface area contributed by atoms with Crippen molar-refractivity contribution in [1.82, 2.24) is 10.3 Å². The molecule has 0 aromatic heterocycles. The zero-order valence-electron chi connectivity index (χ0n) is 13.5. The third-order valence-electron chi connectivity index (χ3n) is 4.41. The molecule has 3 rings (SSSR count). The van der Waals surface area contributed by atoms with Gasteiger partial charge in [0.25, 0.3) is 5.91 Å². The van der Waals surface area contributed by atoms with Gasteiger partial charge in [-0.05, 0) is 24.1 Å². The molecule has 7 heteroatoms. The summed E-state index contributed by atoms with van der Waals surface area (Å²) in [6.45, 7) is 1.07. The molecule has 2 atom stereocenters. The zero-order valence-corrected chi connectivity index (χ0v) is 13.5. The molecule has 128 valence electrons. The van der Waals surface area contributed by atoms with Gasteiger partial charge in [0.05, 0.1) is 6.10 Å². The zero-order chi connectivity index (χ0) is 17.1. The number of nitrogens with one attached hydrogen (secondary N) is 1. The third kappa shape index (κ3) is 3.62. The molecule has 2 aliphatic heterocycles.